The van der Waals surface area contributed by atoms with Crippen LogP contribution in [0.1, 0.15) is 10.4 Å². The van der Waals surface area contributed by atoms with Gasteiger partial charge in [-0.1, -0.05) is 0 Å². The van der Waals surface area contributed by atoms with Gasteiger partial charge < -0.3 is 5.32 Å². The lowest BCUT2D eigenvalue weighted by Crippen LogP contribution is -2.19. The van der Waals surface area contributed by atoms with Crippen LogP contribution in [0.15, 0.2) is 16.6 Å². The van der Waals surface area contributed by atoms with Crippen LogP contribution in [0.5, 0.6) is 0 Å². The number of carbonyl (C=O) groups excluding carboxylic acids is 1. The van der Waals surface area contributed by atoms with E-state index >= 15 is 0 Å². The first-order valence-corrected chi connectivity index (χ1v) is 4.68. The molecule has 0 fully saturated rings. The number of ketones is 1. The van der Waals surface area contributed by atoms with E-state index in [0.717, 1.165) is 6.07 Å². The van der Waals surface area contributed by atoms with Gasteiger partial charge in [0.25, 0.3) is 0 Å². The predicted octanol–water partition coefficient (Wildman–Crippen LogP) is 2.13. The van der Waals surface area contributed by atoms with Gasteiger partial charge in [0.1, 0.15) is 0 Å². The molecule has 1 aromatic carbocycles. The Bertz CT molecular complexity index is 368. The molecule has 0 bridgehead atoms. The molecule has 0 amide bonds. The van der Waals surface area contributed by atoms with Crippen molar-refractivity contribution >= 4 is 21.7 Å². The number of halogens is 3. The summed E-state index contributed by atoms with van der Waals surface area (Å²) >= 11 is 2.84. The Morgan fingerprint density at radius 3 is 2.71 bits per heavy atom. The van der Waals surface area contributed by atoms with E-state index in [0.29, 0.717) is 0 Å². The highest BCUT2D eigenvalue weighted by atomic mass is 79.9. The second kappa shape index (κ2) is 4.61. The molecule has 0 aromatic heterocycles. The largest absolute Gasteiger partial charge is 0.313 e. The summed E-state index contributed by atoms with van der Waals surface area (Å²) in [6.07, 6.45) is 0. The van der Waals surface area contributed by atoms with Crippen molar-refractivity contribution in [3.05, 3.63) is 33.8 Å². The Morgan fingerprint density at radius 2 is 2.14 bits per heavy atom. The molecule has 1 aromatic rings. The lowest BCUT2D eigenvalue weighted by molar-refractivity contribution is 0.0992. The van der Waals surface area contributed by atoms with Gasteiger partial charge in [-0.05, 0) is 35.1 Å². The van der Waals surface area contributed by atoms with Crippen molar-refractivity contribution in [1.82, 2.24) is 5.32 Å². The fourth-order valence-electron chi connectivity index (χ4n) is 0.997. The molecule has 0 aliphatic carbocycles. The van der Waals surface area contributed by atoms with Crippen LogP contribution in [0.3, 0.4) is 0 Å². The summed E-state index contributed by atoms with van der Waals surface area (Å²) in [5, 5.41) is 2.64. The van der Waals surface area contributed by atoms with E-state index in [1.54, 1.807) is 7.05 Å². The number of hydrogen-bond acceptors (Lipinski definition) is 2. The van der Waals surface area contributed by atoms with Crippen molar-refractivity contribution < 1.29 is 13.6 Å². The molecular formula is C9H8BrF2NO. The van der Waals surface area contributed by atoms with Crippen LogP contribution in [0.2, 0.25) is 0 Å². The van der Waals surface area contributed by atoms with E-state index in [1.807, 2.05) is 0 Å². The lowest BCUT2D eigenvalue weighted by Gasteiger charge is -2.04. The molecule has 0 spiro atoms. The first-order chi connectivity index (χ1) is 6.57. The summed E-state index contributed by atoms with van der Waals surface area (Å²) in [5.74, 6) is -2.30. The highest BCUT2D eigenvalue weighted by molar-refractivity contribution is 9.10. The van der Waals surface area contributed by atoms with Crippen molar-refractivity contribution in [2.75, 3.05) is 13.6 Å². The highest BCUT2D eigenvalue weighted by Crippen LogP contribution is 2.23. The summed E-state index contributed by atoms with van der Waals surface area (Å²) in [6, 6.07) is 2.19. The van der Waals surface area contributed by atoms with Crippen molar-refractivity contribution in [3.63, 3.8) is 0 Å². The van der Waals surface area contributed by atoms with E-state index in [9.17, 15) is 13.6 Å². The molecule has 0 heterocycles. The number of nitrogens with one attached hydrogen (secondary N) is 1. The molecule has 0 aliphatic rings. The third kappa shape index (κ3) is 2.16. The second-order valence-electron chi connectivity index (χ2n) is 2.68. The molecule has 0 radical (unpaired) electrons. The smallest absolute Gasteiger partial charge is 0.177 e. The quantitative estimate of drug-likeness (QED) is 0.669. The highest BCUT2D eigenvalue weighted by Gasteiger charge is 2.15. The Labute approximate surface area is 88.4 Å². The number of likely N-dealkylation sites (N-methyl/N-ethyl adjacent to an activating group) is 1. The van der Waals surface area contributed by atoms with Crippen LogP contribution < -0.4 is 5.32 Å². The summed E-state index contributed by atoms with van der Waals surface area (Å²) in [6.45, 7) is 0.0870. The maximum absolute atomic E-state index is 13.0. The van der Waals surface area contributed by atoms with Gasteiger partial charge in [0, 0.05) is 5.56 Å². The number of carbonyl (C=O) groups is 1. The zero-order chi connectivity index (χ0) is 10.7. The number of hydrogen-bond donors (Lipinski definition) is 1. The van der Waals surface area contributed by atoms with Gasteiger partial charge in [-0.15, -0.1) is 0 Å². The van der Waals surface area contributed by atoms with E-state index in [-0.39, 0.29) is 22.4 Å². The SMILES string of the molecule is CNCC(=O)c1ccc(F)c(F)c1Br. The molecule has 0 saturated carbocycles. The molecule has 0 saturated heterocycles. The van der Waals surface area contributed by atoms with Crippen LogP contribution in [0.25, 0.3) is 0 Å². The summed E-state index contributed by atoms with van der Waals surface area (Å²) in [4.78, 5) is 11.3. The van der Waals surface area contributed by atoms with E-state index in [2.05, 4.69) is 21.2 Å². The van der Waals surface area contributed by atoms with Gasteiger partial charge in [0.2, 0.25) is 0 Å². The van der Waals surface area contributed by atoms with Gasteiger partial charge in [0.05, 0.1) is 11.0 Å². The number of Topliss-reactive ketones (excluding diaryl/α,β-unsaturated/α-hetero) is 1. The van der Waals surface area contributed by atoms with Gasteiger partial charge >= 0.3 is 0 Å². The van der Waals surface area contributed by atoms with Crippen molar-refractivity contribution in [2.24, 2.45) is 0 Å². The van der Waals surface area contributed by atoms with Gasteiger partial charge in [-0.3, -0.25) is 4.79 Å². The van der Waals surface area contributed by atoms with Crippen molar-refractivity contribution in [3.8, 4) is 0 Å². The summed E-state index contributed by atoms with van der Waals surface area (Å²) in [5.41, 5.74) is 0.137. The molecule has 76 valence electrons. The van der Waals surface area contributed by atoms with Crippen LogP contribution in [0.4, 0.5) is 8.78 Å². The molecule has 1 rings (SSSR count). The minimum absolute atomic E-state index is 0.0870. The van der Waals surface area contributed by atoms with Crippen LogP contribution in [0, 0.1) is 11.6 Å². The molecule has 14 heavy (non-hydrogen) atoms. The molecule has 5 heteroatoms. The Hall–Kier alpha value is -0.810. The van der Waals surface area contributed by atoms with E-state index in [1.165, 1.54) is 6.07 Å². The average molecular weight is 264 g/mol. The maximum atomic E-state index is 13.0. The number of benzene rings is 1. The standard InChI is InChI=1S/C9H8BrF2NO/c1-13-4-7(14)5-2-3-6(11)9(12)8(5)10/h2-3,13H,4H2,1H3. The van der Waals surface area contributed by atoms with Gasteiger partial charge in [-0.2, -0.15) is 0 Å². The first-order valence-electron chi connectivity index (χ1n) is 3.89. The zero-order valence-corrected chi connectivity index (χ0v) is 8.99. The molecule has 1 N–H and O–H groups in total. The third-order valence-electron chi connectivity index (χ3n) is 1.67. The van der Waals surface area contributed by atoms with Gasteiger partial charge in [0.15, 0.2) is 17.4 Å². The zero-order valence-electron chi connectivity index (χ0n) is 7.40. The molecule has 2 nitrogen and oxygen atoms in total. The maximum Gasteiger partial charge on any atom is 0.177 e. The van der Waals surface area contributed by atoms with Crippen molar-refractivity contribution in [2.45, 2.75) is 0 Å². The van der Waals surface area contributed by atoms with E-state index in [4.69, 9.17) is 0 Å². The predicted molar refractivity (Wildman–Crippen MR) is 52.3 cm³/mol. The normalized spacial score (nSPS) is 10.3. The number of rotatable bonds is 3. The van der Waals surface area contributed by atoms with Crippen molar-refractivity contribution in [1.29, 1.82) is 0 Å². The molecular weight excluding hydrogens is 256 g/mol. The topological polar surface area (TPSA) is 29.1 Å². The van der Waals surface area contributed by atoms with Gasteiger partial charge in [-0.25, -0.2) is 8.78 Å². The van der Waals surface area contributed by atoms with Crippen LogP contribution >= 0.6 is 15.9 Å². The lowest BCUT2D eigenvalue weighted by atomic mass is 10.1. The Balaban J connectivity index is 3.11. The van der Waals surface area contributed by atoms with Crippen LogP contribution in [-0.2, 0) is 0 Å². The average Bonchev–Trinajstić information content (AvgIpc) is 2.15. The second-order valence-corrected chi connectivity index (χ2v) is 3.47. The Morgan fingerprint density at radius 1 is 1.50 bits per heavy atom. The molecule has 0 aliphatic heterocycles. The summed E-state index contributed by atoms with van der Waals surface area (Å²) in [7, 11) is 1.60. The minimum Gasteiger partial charge on any atom is -0.313 e. The fourth-order valence-corrected chi connectivity index (χ4v) is 1.54. The minimum atomic E-state index is -1.04. The monoisotopic (exact) mass is 263 g/mol. The Kier molecular flexibility index (Phi) is 3.71. The fraction of sp³-hybridized carbons (Fsp3) is 0.222. The van der Waals surface area contributed by atoms with Crippen LogP contribution in [-0.4, -0.2) is 19.4 Å². The summed E-state index contributed by atoms with van der Waals surface area (Å²) < 4.78 is 25.5. The first kappa shape index (κ1) is 11.3. The van der Waals surface area contributed by atoms with E-state index < -0.39 is 11.6 Å². The molecule has 0 unspecified atom stereocenters. The third-order valence-corrected chi connectivity index (χ3v) is 2.45. The molecule has 0 atom stereocenters.